The van der Waals surface area contributed by atoms with Crippen LogP contribution in [-0.2, 0) is 21.5 Å². The molecule has 0 aromatic heterocycles. The van der Waals surface area contributed by atoms with Crippen LogP contribution >= 0.6 is 0 Å². The number of benzene rings is 2. The summed E-state index contributed by atoms with van der Waals surface area (Å²) in [5.41, 5.74) is 2.64. The number of nitrogens with zero attached hydrogens (tertiary/aromatic N) is 2. The van der Waals surface area contributed by atoms with Gasteiger partial charge in [-0.25, -0.2) is 0 Å². The maximum absolute atomic E-state index is 13.2. The highest BCUT2D eigenvalue weighted by atomic mass is 16.5. The zero-order valence-corrected chi connectivity index (χ0v) is 15.9. The van der Waals surface area contributed by atoms with Crippen molar-refractivity contribution in [2.75, 3.05) is 45.3 Å². The highest BCUT2D eigenvalue weighted by molar-refractivity contribution is 5.91. The molecular formula is C22H28N2O2. The number of ether oxygens (including phenoxy) is 1. The first kappa shape index (κ1) is 18.6. The standard InChI is InChI=1S/C22H28N2O2/c1-22(23(2)3,19-7-5-4-6-8-19)21(25)17-18-9-11-20(12-10-18)24-13-15-26-16-14-24/h4-12H,13-17H2,1-3H3. The third-order valence-electron chi connectivity index (χ3n) is 5.45. The molecule has 1 unspecified atom stereocenters. The Hall–Kier alpha value is -2.17. The van der Waals surface area contributed by atoms with Crippen molar-refractivity contribution in [2.45, 2.75) is 18.9 Å². The topological polar surface area (TPSA) is 32.8 Å². The van der Waals surface area contributed by atoms with E-state index in [2.05, 4.69) is 29.2 Å². The van der Waals surface area contributed by atoms with Gasteiger partial charge in [-0.2, -0.15) is 0 Å². The molecule has 26 heavy (non-hydrogen) atoms. The molecule has 2 aromatic rings. The van der Waals surface area contributed by atoms with E-state index in [1.54, 1.807) is 0 Å². The van der Waals surface area contributed by atoms with Crippen molar-refractivity contribution < 1.29 is 9.53 Å². The van der Waals surface area contributed by atoms with Crippen molar-refractivity contribution in [3.63, 3.8) is 0 Å². The number of hydrogen-bond acceptors (Lipinski definition) is 4. The van der Waals surface area contributed by atoms with Gasteiger partial charge in [0.05, 0.1) is 13.2 Å². The van der Waals surface area contributed by atoms with Gasteiger partial charge in [-0.3, -0.25) is 9.69 Å². The number of hydrogen-bond donors (Lipinski definition) is 0. The second kappa shape index (κ2) is 8.02. The summed E-state index contributed by atoms with van der Waals surface area (Å²) < 4.78 is 5.41. The fraction of sp³-hybridized carbons (Fsp3) is 0.409. The van der Waals surface area contributed by atoms with Gasteiger partial charge < -0.3 is 9.64 Å². The molecular weight excluding hydrogens is 324 g/mol. The molecule has 1 heterocycles. The second-order valence-electron chi connectivity index (χ2n) is 7.20. The van der Waals surface area contributed by atoms with Crippen LogP contribution in [-0.4, -0.2) is 51.1 Å². The average molecular weight is 352 g/mol. The molecule has 0 N–H and O–H groups in total. The van der Waals surface area contributed by atoms with Gasteiger partial charge in [0.25, 0.3) is 0 Å². The van der Waals surface area contributed by atoms with E-state index in [4.69, 9.17) is 4.74 Å². The van der Waals surface area contributed by atoms with Crippen LogP contribution in [0.25, 0.3) is 0 Å². The van der Waals surface area contributed by atoms with Crippen LogP contribution in [0, 0.1) is 0 Å². The number of likely N-dealkylation sites (N-methyl/N-ethyl adjacent to an activating group) is 1. The SMILES string of the molecule is CN(C)C(C)(C(=O)Cc1ccc(N2CCOCC2)cc1)c1ccccc1. The molecule has 4 nitrogen and oxygen atoms in total. The smallest absolute Gasteiger partial charge is 0.161 e. The van der Waals surface area contributed by atoms with Crippen LogP contribution in [0.2, 0.25) is 0 Å². The number of carbonyl (C=O) groups excluding carboxylic acids is 1. The lowest BCUT2D eigenvalue weighted by Gasteiger charge is -2.35. The predicted molar refractivity (Wildman–Crippen MR) is 106 cm³/mol. The Balaban J connectivity index is 1.75. The lowest BCUT2D eigenvalue weighted by atomic mass is 9.83. The van der Waals surface area contributed by atoms with Gasteiger partial charge in [0.2, 0.25) is 0 Å². The van der Waals surface area contributed by atoms with Crippen LogP contribution in [0.15, 0.2) is 54.6 Å². The highest BCUT2D eigenvalue weighted by Gasteiger charge is 2.36. The minimum absolute atomic E-state index is 0.202. The van der Waals surface area contributed by atoms with Gasteiger partial charge in [-0.1, -0.05) is 42.5 Å². The summed E-state index contributed by atoms with van der Waals surface area (Å²) in [5.74, 6) is 0.202. The molecule has 0 amide bonds. The van der Waals surface area contributed by atoms with Crippen LogP contribution in [0.5, 0.6) is 0 Å². The summed E-state index contributed by atoms with van der Waals surface area (Å²) in [6.45, 7) is 5.40. The Bertz CT molecular complexity index is 722. The van der Waals surface area contributed by atoms with Crippen molar-refractivity contribution in [1.82, 2.24) is 4.90 Å². The van der Waals surface area contributed by atoms with E-state index in [0.29, 0.717) is 6.42 Å². The average Bonchev–Trinajstić information content (AvgIpc) is 2.69. The second-order valence-corrected chi connectivity index (χ2v) is 7.20. The summed E-state index contributed by atoms with van der Waals surface area (Å²) in [7, 11) is 3.93. The molecule has 1 saturated heterocycles. The van der Waals surface area contributed by atoms with E-state index in [9.17, 15) is 4.79 Å². The number of morpholine rings is 1. The summed E-state index contributed by atoms with van der Waals surface area (Å²) in [4.78, 5) is 17.5. The third-order valence-corrected chi connectivity index (χ3v) is 5.45. The van der Waals surface area contributed by atoms with E-state index in [-0.39, 0.29) is 5.78 Å². The van der Waals surface area contributed by atoms with Gasteiger partial charge in [-0.15, -0.1) is 0 Å². The Morgan fingerprint density at radius 2 is 1.65 bits per heavy atom. The molecule has 0 aliphatic carbocycles. The molecule has 1 aliphatic rings. The minimum Gasteiger partial charge on any atom is -0.378 e. The Morgan fingerprint density at radius 3 is 2.23 bits per heavy atom. The van der Waals surface area contributed by atoms with Crippen molar-refractivity contribution in [3.05, 3.63) is 65.7 Å². The van der Waals surface area contributed by atoms with Crippen molar-refractivity contribution in [1.29, 1.82) is 0 Å². The van der Waals surface area contributed by atoms with Crippen molar-refractivity contribution >= 4 is 11.5 Å². The van der Waals surface area contributed by atoms with Crippen molar-refractivity contribution in [2.24, 2.45) is 0 Å². The molecule has 0 radical (unpaired) electrons. The third kappa shape index (κ3) is 3.81. The maximum atomic E-state index is 13.2. The van der Waals surface area contributed by atoms with Crippen LogP contribution < -0.4 is 4.90 Å². The van der Waals surface area contributed by atoms with E-state index >= 15 is 0 Å². The highest BCUT2D eigenvalue weighted by Crippen LogP contribution is 2.29. The van der Waals surface area contributed by atoms with Gasteiger partial charge in [0.1, 0.15) is 5.54 Å². The first-order chi connectivity index (χ1) is 12.5. The predicted octanol–water partition coefficient (Wildman–Crippen LogP) is 3.11. The van der Waals surface area contributed by atoms with Crippen molar-refractivity contribution in [3.8, 4) is 0 Å². The number of anilines is 1. The van der Waals surface area contributed by atoms with Gasteiger partial charge in [0.15, 0.2) is 5.78 Å². The monoisotopic (exact) mass is 352 g/mol. The minimum atomic E-state index is -0.635. The van der Waals surface area contributed by atoms with Gasteiger partial charge in [-0.05, 0) is 44.3 Å². The molecule has 1 aliphatic heterocycles. The quantitative estimate of drug-likeness (QED) is 0.800. The fourth-order valence-corrected chi connectivity index (χ4v) is 3.43. The first-order valence-corrected chi connectivity index (χ1v) is 9.19. The molecule has 1 atom stereocenters. The Morgan fingerprint density at radius 1 is 1.04 bits per heavy atom. The fourth-order valence-electron chi connectivity index (χ4n) is 3.43. The number of Topliss-reactive ketones (excluding diaryl/α,β-unsaturated/α-hetero) is 1. The Kier molecular flexibility index (Phi) is 5.74. The largest absolute Gasteiger partial charge is 0.378 e. The normalized spacial score (nSPS) is 17.2. The summed E-state index contributed by atoms with van der Waals surface area (Å²) in [5, 5.41) is 0. The number of rotatable bonds is 6. The van der Waals surface area contributed by atoms with E-state index in [1.807, 2.05) is 56.3 Å². The van der Waals surface area contributed by atoms with E-state index < -0.39 is 5.54 Å². The molecule has 1 fully saturated rings. The summed E-state index contributed by atoms with van der Waals surface area (Å²) >= 11 is 0. The lowest BCUT2D eigenvalue weighted by Crippen LogP contribution is -2.46. The molecule has 0 saturated carbocycles. The zero-order chi connectivity index (χ0) is 18.6. The number of carbonyl (C=O) groups is 1. The summed E-state index contributed by atoms with van der Waals surface area (Å²) in [6, 6.07) is 18.4. The van der Waals surface area contributed by atoms with Gasteiger partial charge in [0, 0.05) is 25.2 Å². The van der Waals surface area contributed by atoms with Crippen LogP contribution in [0.1, 0.15) is 18.1 Å². The molecule has 3 rings (SSSR count). The molecule has 0 spiro atoms. The lowest BCUT2D eigenvalue weighted by molar-refractivity contribution is -0.128. The number of ketones is 1. The van der Waals surface area contributed by atoms with E-state index in [1.165, 1.54) is 5.69 Å². The van der Waals surface area contributed by atoms with E-state index in [0.717, 1.165) is 37.4 Å². The molecule has 2 aromatic carbocycles. The van der Waals surface area contributed by atoms with Gasteiger partial charge >= 0.3 is 0 Å². The maximum Gasteiger partial charge on any atom is 0.161 e. The van der Waals surface area contributed by atoms with Crippen LogP contribution in [0.4, 0.5) is 5.69 Å². The zero-order valence-electron chi connectivity index (χ0n) is 15.9. The molecule has 0 bridgehead atoms. The Labute approximate surface area is 156 Å². The van der Waals surface area contributed by atoms with Crippen LogP contribution in [0.3, 0.4) is 0 Å². The summed E-state index contributed by atoms with van der Waals surface area (Å²) in [6.07, 6.45) is 0.424. The molecule has 138 valence electrons. The first-order valence-electron chi connectivity index (χ1n) is 9.19. The molecule has 4 heteroatoms.